The Morgan fingerprint density at radius 1 is 1.85 bits per heavy atom. The van der Waals surface area contributed by atoms with Crippen LogP contribution in [0.4, 0.5) is 0 Å². The lowest BCUT2D eigenvalue weighted by Crippen LogP contribution is -2.29. The smallest absolute Gasteiger partial charge is 0.127 e. The number of imidazole rings is 1. The fraction of sp³-hybridized carbons (Fsp3) is 0.444. The number of hydrogen-bond donors (Lipinski definition) is 2. The summed E-state index contributed by atoms with van der Waals surface area (Å²) in [6.07, 6.45) is 6.35. The first-order valence-electron chi connectivity index (χ1n) is 4.41. The molecule has 0 saturated heterocycles. The summed E-state index contributed by atoms with van der Waals surface area (Å²) in [6, 6.07) is 0.0625. The van der Waals surface area contributed by atoms with Crippen molar-refractivity contribution < 1.29 is 0 Å². The van der Waals surface area contributed by atoms with Gasteiger partial charge in [-0.2, -0.15) is 0 Å². The second-order valence-electron chi connectivity index (χ2n) is 2.82. The van der Waals surface area contributed by atoms with Crippen LogP contribution in [0.25, 0.3) is 0 Å². The Morgan fingerprint density at radius 3 is 3.15 bits per heavy atom. The number of hydrogen-bond acceptors (Lipinski definition) is 3. The third-order valence-electron chi connectivity index (χ3n) is 2.00. The van der Waals surface area contributed by atoms with Crippen molar-refractivity contribution in [3.63, 3.8) is 0 Å². The highest BCUT2D eigenvalue weighted by Crippen LogP contribution is 2.13. The topological polar surface area (TPSA) is 55.9 Å². The zero-order valence-electron chi connectivity index (χ0n) is 7.90. The van der Waals surface area contributed by atoms with Gasteiger partial charge in [0, 0.05) is 18.9 Å². The van der Waals surface area contributed by atoms with Crippen LogP contribution in [-0.4, -0.2) is 9.55 Å². The fourth-order valence-corrected chi connectivity index (χ4v) is 1.31. The maximum absolute atomic E-state index is 5.42. The first-order valence-corrected chi connectivity index (χ1v) is 4.41. The predicted molar refractivity (Wildman–Crippen MR) is 52.8 cm³/mol. The number of hydrazine groups is 1. The summed E-state index contributed by atoms with van der Waals surface area (Å²) in [7, 11) is 0. The van der Waals surface area contributed by atoms with Gasteiger partial charge in [0.2, 0.25) is 0 Å². The van der Waals surface area contributed by atoms with Crippen molar-refractivity contribution >= 4 is 0 Å². The monoisotopic (exact) mass is 180 g/mol. The van der Waals surface area contributed by atoms with Gasteiger partial charge in [0.05, 0.1) is 6.04 Å². The number of nitrogens with two attached hydrogens (primary N) is 1. The van der Waals surface area contributed by atoms with Gasteiger partial charge in [0.1, 0.15) is 5.82 Å². The van der Waals surface area contributed by atoms with E-state index in [0.717, 1.165) is 18.8 Å². The second kappa shape index (κ2) is 4.79. The van der Waals surface area contributed by atoms with Crippen molar-refractivity contribution in [2.75, 3.05) is 0 Å². The average Bonchev–Trinajstić information content (AvgIpc) is 2.61. The van der Waals surface area contributed by atoms with Crippen molar-refractivity contribution in [3.8, 4) is 0 Å². The molecule has 4 nitrogen and oxygen atoms in total. The van der Waals surface area contributed by atoms with Gasteiger partial charge in [0.15, 0.2) is 0 Å². The van der Waals surface area contributed by atoms with E-state index in [1.807, 2.05) is 12.3 Å². The van der Waals surface area contributed by atoms with Gasteiger partial charge in [-0.25, -0.2) is 10.4 Å². The van der Waals surface area contributed by atoms with E-state index in [1.165, 1.54) is 0 Å². The highest BCUT2D eigenvalue weighted by Gasteiger charge is 2.12. The number of aromatic nitrogens is 2. The number of rotatable bonds is 5. The molecule has 1 atom stereocenters. The number of nitrogens with one attached hydrogen (secondary N) is 1. The fourth-order valence-electron chi connectivity index (χ4n) is 1.31. The third-order valence-corrected chi connectivity index (χ3v) is 2.00. The van der Waals surface area contributed by atoms with E-state index < -0.39 is 0 Å². The molecule has 1 aromatic rings. The van der Waals surface area contributed by atoms with Crippen LogP contribution in [0.15, 0.2) is 25.0 Å². The first kappa shape index (κ1) is 9.95. The molecule has 0 aliphatic rings. The Balaban J connectivity index is 2.82. The minimum atomic E-state index is 0.0625. The van der Waals surface area contributed by atoms with E-state index in [9.17, 15) is 0 Å². The number of nitrogens with zero attached hydrogens (tertiary/aromatic N) is 2. The summed E-state index contributed by atoms with van der Waals surface area (Å²) in [4.78, 5) is 4.25. The molecule has 0 bridgehead atoms. The summed E-state index contributed by atoms with van der Waals surface area (Å²) in [5.41, 5.74) is 2.73. The highest BCUT2D eigenvalue weighted by molar-refractivity contribution is 5.00. The molecule has 1 rings (SSSR count). The van der Waals surface area contributed by atoms with Crippen molar-refractivity contribution in [2.24, 2.45) is 5.84 Å². The maximum atomic E-state index is 5.42. The summed E-state index contributed by atoms with van der Waals surface area (Å²) in [5.74, 6) is 6.39. The molecule has 1 unspecified atom stereocenters. The summed E-state index contributed by atoms with van der Waals surface area (Å²) < 4.78 is 2.06. The second-order valence-corrected chi connectivity index (χ2v) is 2.82. The van der Waals surface area contributed by atoms with Gasteiger partial charge in [-0.3, -0.25) is 5.84 Å². The Morgan fingerprint density at radius 2 is 2.62 bits per heavy atom. The van der Waals surface area contributed by atoms with Gasteiger partial charge in [-0.15, -0.1) is 6.58 Å². The molecule has 0 aromatic carbocycles. The van der Waals surface area contributed by atoms with Crippen LogP contribution in [0.3, 0.4) is 0 Å². The van der Waals surface area contributed by atoms with E-state index in [0.29, 0.717) is 0 Å². The van der Waals surface area contributed by atoms with Crippen LogP contribution in [0.2, 0.25) is 0 Å². The van der Waals surface area contributed by atoms with Crippen LogP contribution < -0.4 is 11.3 Å². The molecule has 0 spiro atoms. The molecule has 0 amide bonds. The molecule has 0 aliphatic heterocycles. The van der Waals surface area contributed by atoms with Crippen LogP contribution >= 0.6 is 0 Å². The first-order chi connectivity index (χ1) is 6.33. The SMILES string of the molecule is C=CCC(NN)c1nccn1CC. The quantitative estimate of drug-likeness (QED) is 0.403. The van der Waals surface area contributed by atoms with Crippen LogP contribution in [0.1, 0.15) is 25.2 Å². The maximum Gasteiger partial charge on any atom is 0.127 e. The van der Waals surface area contributed by atoms with Gasteiger partial charge in [-0.05, 0) is 13.3 Å². The number of aryl methyl sites for hydroxylation is 1. The lowest BCUT2D eigenvalue weighted by atomic mass is 10.2. The third kappa shape index (κ3) is 2.17. The molecule has 0 radical (unpaired) electrons. The highest BCUT2D eigenvalue weighted by atomic mass is 15.3. The molecule has 72 valence electrons. The Kier molecular flexibility index (Phi) is 3.67. The van der Waals surface area contributed by atoms with Crippen LogP contribution in [0.5, 0.6) is 0 Å². The van der Waals surface area contributed by atoms with E-state index >= 15 is 0 Å². The largest absolute Gasteiger partial charge is 0.334 e. The Hall–Kier alpha value is -1.13. The molecule has 1 aromatic heterocycles. The molecular weight excluding hydrogens is 164 g/mol. The minimum Gasteiger partial charge on any atom is -0.334 e. The summed E-state index contributed by atoms with van der Waals surface area (Å²) >= 11 is 0. The van der Waals surface area contributed by atoms with Gasteiger partial charge >= 0.3 is 0 Å². The van der Waals surface area contributed by atoms with E-state index in [1.54, 1.807) is 6.20 Å². The summed E-state index contributed by atoms with van der Waals surface area (Å²) in [5, 5.41) is 0. The Labute approximate surface area is 78.4 Å². The van der Waals surface area contributed by atoms with Crippen LogP contribution in [-0.2, 0) is 6.54 Å². The van der Waals surface area contributed by atoms with Crippen molar-refractivity contribution in [1.29, 1.82) is 0 Å². The molecule has 0 fully saturated rings. The average molecular weight is 180 g/mol. The molecule has 13 heavy (non-hydrogen) atoms. The van der Waals surface area contributed by atoms with Gasteiger partial charge in [0.25, 0.3) is 0 Å². The van der Waals surface area contributed by atoms with E-state index in [2.05, 4.69) is 28.5 Å². The van der Waals surface area contributed by atoms with E-state index in [4.69, 9.17) is 5.84 Å². The minimum absolute atomic E-state index is 0.0625. The van der Waals surface area contributed by atoms with Crippen molar-refractivity contribution in [2.45, 2.75) is 25.9 Å². The van der Waals surface area contributed by atoms with Gasteiger partial charge in [-0.1, -0.05) is 6.08 Å². The molecule has 4 heteroatoms. The van der Waals surface area contributed by atoms with Crippen molar-refractivity contribution in [1.82, 2.24) is 15.0 Å². The molecular formula is C9H16N4. The zero-order chi connectivity index (χ0) is 9.68. The molecule has 1 heterocycles. The molecule has 0 saturated carbocycles. The van der Waals surface area contributed by atoms with Crippen LogP contribution in [0, 0.1) is 0 Å². The van der Waals surface area contributed by atoms with Gasteiger partial charge < -0.3 is 4.57 Å². The van der Waals surface area contributed by atoms with E-state index in [-0.39, 0.29) is 6.04 Å². The standard InChI is InChI=1S/C9H16N4/c1-3-5-8(12-10)9-11-6-7-13(9)4-2/h3,6-8,12H,1,4-5,10H2,2H3. The lowest BCUT2D eigenvalue weighted by molar-refractivity contribution is 0.503. The zero-order valence-corrected chi connectivity index (χ0v) is 7.90. The Bertz CT molecular complexity index is 266. The normalized spacial score (nSPS) is 12.8. The lowest BCUT2D eigenvalue weighted by Gasteiger charge is -2.14. The predicted octanol–water partition coefficient (Wildman–Crippen LogP) is 0.983. The summed E-state index contributed by atoms with van der Waals surface area (Å²) in [6.45, 7) is 6.66. The van der Waals surface area contributed by atoms with Crippen molar-refractivity contribution in [3.05, 3.63) is 30.9 Å². The molecule has 0 aliphatic carbocycles. The molecule has 3 N–H and O–H groups in total.